The summed E-state index contributed by atoms with van der Waals surface area (Å²) in [5.74, 6) is 0. The highest BCUT2D eigenvalue weighted by Crippen LogP contribution is 2.26. The third kappa shape index (κ3) is 2.11. The highest BCUT2D eigenvalue weighted by atomic mass is 14.1. The summed E-state index contributed by atoms with van der Waals surface area (Å²) in [5.41, 5.74) is 2.76. The molecular formula is C18H20. The van der Waals surface area contributed by atoms with Gasteiger partial charge in [-0.25, -0.2) is 0 Å². The first-order chi connectivity index (χ1) is 8.75. The van der Waals surface area contributed by atoms with Crippen molar-refractivity contribution in [2.45, 2.75) is 27.7 Å². The van der Waals surface area contributed by atoms with Gasteiger partial charge >= 0.3 is 0 Å². The van der Waals surface area contributed by atoms with E-state index in [1.54, 1.807) is 0 Å². The van der Waals surface area contributed by atoms with Crippen LogP contribution >= 0.6 is 0 Å². The molecule has 0 aliphatic carbocycles. The van der Waals surface area contributed by atoms with Crippen LogP contribution in [0, 0.1) is 13.8 Å². The Morgan fingerprint density at radius 3 is 1.94 bits per heavy atom. The van der Waals surface area contributed by atoms with E-state index >= 15 is 0 Å². The molecule has 18 heavy (non-hydrogen) atoms. The summed E-state index contributed by atoms with van der Waals surface area (Å²) < 4.78 is 0. The van der Waals surface area contributed by atoms with Gasteiger partial charge in [0.25, 0.3) is 0 Å². The molecule has 0 saturated heterocycles. The van der Waals surface area contributed by atoms with Crippen molar-refractivity contribution in [1.82, 2.24) is 0 Å². The average molecular weight is 236 g/mol. The van der Waals surface area contributed by atoms with Gasteiger partial charge in [0.2, 0.25) is 0 Å². The van der Waals surface area contributed by atoms with Gasteiger partial charge in [-0.1, -0.05) is 50.2 Å². The summed E-state index contributed by atoms with van der Waals surface area (Å²) >= 11 is 0. The Morgan fingerprint density at radius 1 is 0.667 bits per heavy atom. The zero-order valence-corrected chi connectivity index (χ0v) is 11.6. The maximum atomic E-state index is 2.30. The summed E-state index contributed by atoms with van der Waals surface area (Å²) in [5, 5.41) is 5.35. The normalized spacial score (nSPS) is 10.2. The van der Waals surface area contributed by atoms with Crippen molar-refractivity contribution < 1.29 is 0 Å². The van der Waals surface area contributed by atoms with Crippen molar-refractivity contribution in [3.8, 4) is 0 Å². The zero-order chi connectivity index (χ0) is 13.1. The molecule has 0 radical (unpaired) electrons. The molecule has 0 aliphatic rings. The number of fused-ring (bicyclic) bond motifs is 2. The molecule has 0 unspecified atom stereocenters. The molecule has 3 aromatic carbocycles. The summed E-state index contributed by atoms with van der Waals surface area (Å²) in [6.07, 6.45) is 0. The van der Waals surface area contributed by atoms with Crippen LogP contribution in [0.15, 0.2) is 48.5 Å². The monoisotopic (exact) mass is 236 g/mol. The molecule has 0 heterocycles. The first kappa shape index (κ1) is 12.6. The van der Waals surface area contributed by atoms with Gasteiger partial charge in [-0.3, -0.25) is 0 Å². The lowest BCUT2D eigenvalue weighted by atomic mass is 9.97. The lowest BCUT2D eigenvalue weighted by molar-refractivity contribution is 1.38. The van der Waals surface area contributed by atoms with E-state index in [1.165, 1.54) is 32.7 Å². The molecule has 0 fully saturated rings. The van der Waals surface area contributed by atoms with Gasteiger partial charge in [0.1, 0.15) is 0 Å². The molecule has 3 rings (SSSR count). The van der Waals surface area contributed by atoms with Crippen molar-refractivity contribution in [3.63, 3.8) is 0 Å². The largest absolute Gasteiger partial charge is 0.0683 e. The van der Waals surface area contributed by atoms with Gasteiger partial charge in [-0.2, -0.15) is 0 Å². The fraction of sp³-hybridized carbons (Fsp3) is 0.222. The van der Waals surface area contributed by atoms with E-state index < -0.39 is 0 Å². The second-order valence-electron chi connectivity index (χ2n) is 4.43. The Balaban J connectivity index is 0.000000574. The molecule has 0 saturated carbocycles. The van der Waals surface area contributed by atoms with Gasteiger partial charge in [-0.15, -0.1) is 0 Å². The molecule has 0 aliphatic heterocycles. The average Bonchev–Trinajstić information content (AvgIpc) is 2.44. The van der Waals surface area contributed by atoms with Crippen LogP contribution in [0.2, 0.25) is 0 Å². The Bertz CT molecular complexity index is 678. The van der Waals surface area contributed by atoms with E-state index in [0.717, 1.165) is 0 Å². The summed E-state index contributed by atoms with van der Waals surface area (Å²) in [6.45, 7) is 8.37. The molecule has 0 nitrogen and oxygen atoms in total. The Kier molecular flexibility index (Phi) is 3.66. The van der Waals surface area contributed by atoms with Crippen molar-refractivity contribution in [2.24, 2.45) is 0 Å². The first-order valence-corrected chi connectivity index (χ1v) is 6.64. The Hall–Kier alpha value is -1.82. The number of rotatable bonds is 0. The van der Waals surface area contributed by atoms with Gasteiger partial charge < -0.3 is 0 Å². The van der Waals surface area contributed by atoms with Gasteiger partial charge in [-0.05, 0) is 58.7 Å². The molecule has 0 N–H and O–H groups in total. The molecule has 0 spiro atoms. The second-order valence-corrected chi connectivity index (χ2v) is 4.43. The van der Waals surface area contributed by atoms with E-state index in [2.05, 4.69) is 62.4 Å². The second kappa shape index (κ2) is 5.22. The molecule has 0 aromatic heterocycles. The first-order valence-electron chi connectivity index (χ1n) is 6.64. The fourth-order valence-corrected chi connectivity index (χ4v) is 2.27. The van der Waals surface area contributed by atoms with Crippen molar-refractivity contribution in [3.05, 3.63) is 59.7 Å². The third-order valence-corrected chi connectivity index (χ3v) is 3.43. The lowest BCUT2D eigenvalue weighted by Crippen LogP contribution is -1.84. The van der Waals surface area contributed by atoms with Gasteiger partial charge in [0, 0.05) is 0 Å². The topological polar surface area (TPSA) is 0 Å². The zero-order valence-electron chi connectivity index (χ0n) is 11.6. The highest BCUT2D eigenvalue weighted by Gasteiger charge is 2.01. The van der Waals surface area contributed by atoms with Crippen LogP contribution in [0.5, 0.6) is 0 Å². The molecule has 0 bridgehead atoms. The van der Waals surface area contributed by atoms with Crippen LogP contribution in [-0.2, 0) is 0 Å². The quantitative estimate of drug-likeness (QED) is 0.443. The summed E-state index contributed by atoms with van der Waals surface area (Å²) in [4.78, 5) is 0. The molecule has 3 aromatic rings. The molecule has 92 valence electrons. The van der Waals surface area contributed by atoms with E-state index in [4.69, 9.17) is 0 Å². The van der Waals surface area contributed by atoms with Gasteiger partial charge in [0.05, 0.1) is 0 Å². The third-order valence-electron chi connectivity index (χ3n) is 3.43. The minimum Gasteiger partial charge on any atom is -0.0683 e. The Morgan fingerprint density at radius 2 is 1.28 bits per heavy atom. The predicted molar refractivity (Wildman–Crippen MR) is 82.3 cm³/mol. The van der Waals surface area contributed by atoms with Crippen LogP contribution in [0.1, 0.15) is 25.0 Å². The highest BCUT2D eigenvalue weighted by molar-refractivity contribution is 5.99. The standard InChI is InChI=1S/C16H14.C2H6/c1-11-7-8-15-9-13-5-3-4-6-14(13)10-16(15)12(11)2;1-2/h3-10H,1-2H3;1-2H3. The maximum Gasteiger partial charge on any atom is -0.0146 e. The molecule has 0 amide bonds. The fourth-order valence-electron chi connectivity index (χ4n) is 2.27. The lowest BCUT2D eigenvalue weighted by Gasteiger charge is -2.07. The van der Waals surface area contributed by atoms with Crippen molar-refractivity contribution >= 4 is 21.5 Å². The Labute approximate surface area is 109 Å². The number of hydrogen-bond donors (Lipinski definition) is 0. The van der Waals surface area contributed by atoms with E-state index in [0.29, 0.717) is 0 Å². The number of aryl methyl sites for hydroxylation is 2. The SMILES string of the molecule is CC.Cc1ccc2cc3ccccc3cc2c1C. The van der Waals surface area contributed by atoms with E-state index in [-0.39, 0.29) is 0 Å². The van der Waals surface area contributed by atoms with E-state index in [9.17, 15) is 0 Å². The van der Waals surface area contributed by atoms with Crippen molar-refractivity contribution in [2.75, 3.05) is 0 Å². The smallest absolute Gasteiger partial charge is 0.0146 e. The number of hydrogen-bond acceptors (Lipinski definition) is 0. The summed E-state index contributed by atoms with van der Waals surface area (Å²) in [6, 6.07) is 17.5. The summed E-state index contributed by atoms with van der Waals surface area (Å²) in [7, 11) is 0. The van der Waals surface area contributed by atoms with Crippen LogP contribution in [-0.4, -0.2) is 0 Å². The number of benzene rings is 3. The van der Waals surface area contributed by atoms with Crippen LogP contribution in [0.4, 0.5) is 0 Å². The minimum absolute atomic E-state index is 1.32. The molecule has 0 atom stereocenters. The molecular weight excluding hydrogens is 216 g/mol. The van der Waals surface area contributed by atoms with Crippen LogP contribution in [0.3, 0.4) is 0 Å². The van der Waals surface area contributed by atoms with Crippen LogP contribution < -0.4 is 0 Å². The van der Waals surface area contributed by atoms with Crippen molar-refractivity contribution in [1.29, 1.82) is 0 Å². The van der Waals surface area contributed by atoms with Crippen LogP contribution in [0.25, 0.3) is 21.5 Å². The minimum atomic E-state index is 1.32. The maximum absolute atomic E-state index is 2.30. The van der Waals surface area contributed by atoms with E-state index in [1.807, 2.05) is 13.8 Å². The predicted octanol–water partition coefficient (Wildman–Crippen LogP) is 5.64. The van der Waals surface area contributed by atoms with Gasteiger partial charge in [0.15, 0.2) is 0 Å². The molecule has 0 heteroatoms.